The molecule has 0 saturated heterocycles. The standard InChI is InChI=1S/C17H16O2/c1-11-5-3-6-12(2)17(11)19-16-8-4-7-13-14(16)9-10-15(13)18/h3-8H,9-10H2,1-2H3. The molecule has 1 aliphatic carbocycles. The van der Waals surface area contributed by atoms with Crippen LogP contribution in [0.3, 0.4) is 0 Å². The third-order valence-corrected chi connectivity index (χ3v) is 3.66. The fraction of sp³-hybridized carbons (Fsp3) is 0.235. The molecular formula is C17H16O2. The van der Waals surface area contributed by atoms with Crippen LogP contribution in [0.5, 0.6) is 11.5 Å². The number of hydrogen-bond acceptors (Lipinski definition) is 2. The van der Waals surface area contributed by atoms with E-state index >= 15 is 0 Å². The van der Waals surface area contributed by atoms with Crippen molar-refractivity contribution in [3.05, 3.63) is 58.7 Å². The van der Waals surface area contributed by atoms with Gasteiger partial charge in [0.2, 0.25) is 0 Å². The van der Waals surface area contributed by atoms with Gasteiger partial charge in [-0.25, -0.2) is 0 Å². The summed E-state index contributed by atoms with van der Waals surface area (Å²) in [6.45, 7) is 4.08. The average molecular weight is 252 g/mol. The molecule has 1 aliphatic rings. The van der Waals surface area contributed by atoms with E-state index in [2.05, 4.69) is 0 Å². The Hall–Kier alpha value is -2.09. The molecule has 2 nitrogen and oxygen atoms in total. The number of rotatable bonds is 2. The van der Waals surface area contributed by atoms with Gasteiger partial charge in [-0.3, -0.25) is 4.79 Å². The summed E-state index contributed by atoms with van der Waals surface area (Å²) >= 11 is 0. The topological polar surface area (TPSA) is 26.3 Å². The maximum atomic E-state index is 11.7. The van der Waals surface area contributed by atoms with Crippen molar-refractivity contribution in [3.8, 4) is 11.5 Å². The summed E-state index contributed by atoms with van der Waals surface area (Å²) < 4.78 is 6.08. The van der Waals surface area contributed by atoms with Gasteiger partial charge in [0.15, 0.2) is 5.78 Å². The maximum absolute atomic E-state index is 11.7. The third kappa shape index (κ3) is 2.03. The van der Waals surface area contributed by atoms with Gasteiger partial charge < -0.3 is 4.74 Å². The van der Waals surface area contributed by atoms with Crippen LogP contribution in [0, 0.1) is 13.8 Å². The van der Waals surface area contributed by atoms with Crippen LogP contribution < -0.4 is 4.74 Å². The Kier molecular flexibility index (Phi) is 2.86. The molecule has 0 atom stereocenters. The number of hydrogen-bond donors (Lipinski definition) is 0. The number of carbonyl (C=O) groups excluding carboxylic acids is 1. The second-order valence-corrected chi connectivity index (χ2v) is 5.03. The van der Waals surface area contributed by atoms with E-state index < -0.39 is 0 Å². The predicted molar refractivity (Wildman–Crippen MR) is 75.1 cm³/mol. The van der Waals surface area contributed by atoms with Crippen molar-refractivity contribution in [2.75, 3.05) is 0 Å². The lowest BCUT2D eigenvalue weighted by molar-refractivity contribution is 0.0994. The molecule has 2 aromatic carbocycles. The summed E-state index contributed by atoms with van der Waals surface area (Å²) in [7, 11) is 0. The molecule has 0 saturated carbocycles. The Balaban J connectivity index is 2.04. The summed E-state index contributed by atoms with van der Waals surface area (Å²) in [4.78, 5) is 11.7. The van der Waals surface area contributed by atoms with Crippen LogP contribution >= 0.6 is 0 Å². The Bertz CT molecular complexity index is 636. The minimum atomic E-state index is 0.224. The first-order valence-corrected chi connectivity index (χ1v) is 6.56. The van der Waals surface area contributed by atoms with Crippen LogP contribution in [-0.4, -0.2) is 5.78 Å². The molecule has 0 unspecified atom stereocenters. The van der Waals surface area contributed by atoms with Gasteiger partial charge in [0.1, 0.15) is 11.5 Å². The van der Waals surface area contributed by atoms with Crippen molar-refractivity contribution in [1.29, 1.82) is 0 Å². The fourth-order valence-corrected chi connectivity index (χ4v) is 2.62. The van der Waals surface area contributed by atoms with Crippen molar-refractivity contribution >= 4 is 5.78 Å². The number of ether oxygens (including phenoxy) is 1. The molecule has 3 rings (SSSR count). The summed E-state index contributed by atoms with van der Waals surface area (Å²) in [6.07, 6.45) is 1.39. The van der Waals surface area contributed by atoms with Crippen LogP contribution in [0.25, 0.3) is 0 Å². The monoisotopic (exact) mass is 252 g/mol. The first kappa shape index (κ1) is 12.0. The summed E-state index contributed by atoms with van der Waals surface area (Å²) in [5, 5.41) is 0. The number of carbonyl (C=O) groups is 1. The molecule has 0 N–H and O–H groups in total. The highest BCUT2D eigenvalue weighted by Gasteiger charge is 2.23. The van der Waals surface area contributed by atoms with Gasteiger partial charge in [0, 0.05) is 17.5 Å². The molecule has 0 bridgehead atoms. The molecule has 96 valence electrons. The van der Waals surface area contributed by atoms with Gasteiger partial charge in [-0.05, 0) is 37.5 Å². The van der Waals surface area contributed by atoms with Crippen molar-refractivity contribution < 1.29 is 9.53 Å². The minimum absolute atomic E-state index is 0.224. The van der Waals surface area contributed by atoms with E-state index in [4.69, 9.17) is 4.74 Å². The molecule has 2 heteroatoms. The Labute approximate surface area is 113 Å². The van der Waals surface area contributed by atoms with Crippen molar-refractivity contribution in [2.45, 2.75) is 26.7 Å². The number of para-hydroxylation sites is 1. The normalized spacial score (nSPS) is 13.5. The van der Waals surface area contributed by atoms with Crippen molar-refractivity contribution in [2.24, 2.45) is 0 Å². The molecule has 0 aliphatic heterocycles. The number of fused-ring (bicyclic) bond motifs is 1. The molecule has 0 heterocycles. The van der Waals surface area contributed by atoms with Gasteiger partial charge in [-0.1, -0.05) is 30.3 Å². The largest absolute Gasteiger partial charge is 0.457 e. The molecule has 0 amide bonds. The maximum Gasteiger partial charge on any atom is 0.163 e. The minimum Gasteiger partial charge on any atom is -0.457 e. The van der Waals surface area contributed by atoms with E-state index in [-0.39, 0.29) is 5.78 Å². The highest BCUT2D eigenvalue weighted by Crippen LogP contribution is 2.35. The summed E-state index contributed by atoms with van der Waals surface area (Å²) in [6, 6.07) is 11.8. The van der Waals surface area contributed by atoms with Crippen LogP contribution in [0.4, 0.5) is 0 Å². The van der Waals surface area contributed by atoms with E-state index in [0.29, 0.717) is 6.42 Å². The number of aryl methyl sites for hydroxylation is 2. The van der Waals surface area contributed by atoms with E-state index in [9.17, 15) is 4.79 Å². The highest BCUT2D eigenvalue weighted by atomic mass is 16.5. The van der Waals surface area contributed by atoms with Crippen molar-refractivity contribution in [3.63, 3.8) is 0 Å². The molecule has 0 spiro atoms. The van der Waals surface area contributed by atoms with Gasteiger partial charge in [0.05, 0.1) is 0 Å². The summed E-state index contributed by atoms with van der Waals surface area (Å²) in [5.74, 6) is 1.94. The zero-order chi connectivity index (χ0) is 13.4. The Morgan fingerprint density at radius 3 is 2.37 bits per heavy atom. The average Bonchev–Trinajstić information content (AvgIpc) is 2.77. The molecule has 0 aromatic heterocycles. The van der Waals surface area contributed by atoms with E-state index in [0.717, 1.165) is 40.2 Å². The van der Waals surface area contributed by atoms with E-state index in [1.165, 1.54) is 0 Å². The first-order chi connectivity index (χ1) is 9.16. The molecule has 0 radical (unpaired) electrons. The van der Waals surface area contributed by atoms with E-state index in [1.54, 1.807) is 0 Å². The van der Waals surface area contributed by atoms with Crippen LogP contribution in [0.15, 0.2) is 36.4 Å². The molecule has 0 fully saturated rings. The summed E-state index contributed by atoms with van der Waals surface area (Å²) in [5.41, 5.74) is 4.10. The Morgan fingerprint density at radius 2 is 1.63 bits per heavy atom. The SMILES string of the molecule is Cc1cccc(C)c1Oc1cccc2c1CCC2=O. The van der Waals surface area contributed by atoms with Crippen LogP contribution in [0.1, 0.15) is 33.5 Å². The Morgan fingerprint density at radius 1 is 0.947 bits per heavy atom. The predicted octanol–water partition coefficient (Wildman–Crippen LogP) is 4.22. The smallest absolute Gasteiger partial charge is 0.163 e. The molecule has 2 aromatic rings. The first-order valence-electron chi connectivity index (χ1n) is 6.56. The molecule has 19 heavy (non-hydrogen) atoms. The number of Topliss-reactive ketones (excluding diaryl/α,β-unsaturated/α-hetero) is 1. The van der Waals surface area contributed by atoms with Gasteiger partial charge >= 0.3 is 0 Å². The third-order valence-electron chi connectivity index (χ3n) is 3.66. The van der Waals surface area contributed by atoms with Crippen LogP contribution in [-0.2, 0) is 6.42 Å². The lowest BCUT2D eigenvalue weighted by Gasteiger charge is -2.14. The van der Waals surface area contributed by atoms with Crippen LogP contribution in [0.2, 0.25) is 0 Å². The zero-order valence-corrected chi connectivity index (χ0v) is 11.2. The van der Waals surface area contributed by atoms with Crippen molar-refractivity contribution in [1.82, 2.24) is 0 Å². The molecular weight excluding hydrogens is 236 g/mol. The lowest BCUT2D eigenvalue weighted by atomic mass is 10.1. The lowest BCUT2D eigenvalue weighted by Crippen LogP contribution is -1.95. The number of ketones is 1. The quantitative estimate of drug-likeness (QED) is 0.799. The van der Waals surface area contributed by atoms with Gasteiger partial charge in [-0.2, -0.15) is 0 Å². The van der Waals surface area contributed by atoms with Gasteiger partial charge in [-0.15, -0.1) is 0 Å². The highest BCUT2D eigenvalue weighted by molar-refractivity contribution is 6.01. The van der Waals surface area contributed by atoms with Gasteiger partial charge in [0.25, 0.3) is 0 Å². The second kappa shape index (κ2) is 4.54. The van der Waals surface area contributed by atoms with E-state index in [1.807, 2.05) is 50.2 Å². The zero-order valence-electron chi connectivity index (χ0n) is 11.2. The number of benzene rings is 2. The fourth-order valence-electron chi connectivity index (χ4n) is 2.62. The second-order valence-electron chi connectivity index (χ2n) is 5.03.